The number of amidine groups is 1. The van der Waals surface area contributed by atoms with E-state index in [0.29, 0.717) is 31.0 Å². The minimum Gasteiger partial charge on any atom is -0.343 e. The molecule has 172 valence electrons. The summed E-state index contributed by atoms with van der Waals surface area (Å²) < 4.78 is 25.8. The fourth-order valence-electron chi connectivity index (χ4n) is 4.91. The van der Waals surface area contributed by atoms with Crippen molar-refractivity contribution in [2.24, 2.45) is 10.4 Å². The SMILES string of the molecule is CN(C)CCS(=O)(=O)C1CCC2(CC1)Cc1ccccc1NC2=NCc1cccc(Cl)c1. The first-order valence-electron chi connectivity index (χ1n) is 11.3. The first-order valence-corrected chi connectivity index (χ1v) is 13.4. The molecule has 2 aromatic rings. The first-order chi connectivity index (χ1) is 15.3. The number of sulfone groups is 1. The molecule has 0 unspecified atom stereocenters. The lowest BCUT2D eigenvalue weighted by Gasteiger charge is -2.44. The highest BCUT2D eigenvalue weighted by atomic mass is 35.5. The number of nitrogens with zero attached hydrogens (tertiary/aromatic N) is 2. The summed E-state index contributed by atoms with van der Waals surface area (Å²) in [4.78, 5) is 6.94. The van der Waals surface area contributed by atoms with Crippen molar-refractivity contribution in [1.29, 1.82) is 0 Å². The maximum Gasteiger partial charge on any atom is 0.154 e. The first kappa shape index (κ1) is 23.3. The molecule has 32 heavy (non-hydrogen) atoms. The number of hydrogen-bond acceptors (Lipinski definition) is 4. The van der Waals surface area contributed by atoms with Gasteiger partial charge in [0, 0.05) is 22.7 Å². The number of hydrogen-bond donors (Lipinski definition) is 1. The number of nitrogens with one attached hydrogen (secondary N) is 1. The standard InChI is InChI=1S/C25H32ClN3O2S/c1-29(2)14-15-32(30,31)22-10-12-25(13-11-22)17-20-7-3-4-9-23(20)28-24(25)27-18-19-6-5-8-21(26)16-19/h3-9,16,22H,10-15,17-18H2,1-2H3,(H,27,28). The number of aliphatic imine (C=N–C) groups is 1. The summed E-state index contributed by atoms with van der Waals surface area (Å²) in [6, 6.07) is 16.2. The number of para-hydroxylation sites is 1. The van der Waals surface area contributed by atoms with Gasteiger partial charge in [0.15, 0.2) is 9.84 Å². The molecule has 1 heterocycles. The number of halogens is 1. The highest BCUT2D eigenvalue weighted by Gasteiger charge is 2.45. The predicted octanol–water partition coefficient (Wildman–Crippen LogP) is 4.81. The molecule has 0 atom stereocenters. The van der Waals surface area contributed by atoms with Crippen LogP contribution in [0.2, 0.25) is 5.02 Å². The predicted molar refractivity (Wildman–Crippen MR) is 133 cm³/mol. The van der Waals surface area contributed by atoms with Gasteiger partial charge in [0.1, 0.15) is 5.84 Å². The van der Waals surface area contributed by atoms with Crippen LogP contribution in [0.4, 0.5) is 5.69 Å². The normalized spacial score (nSPS) is 24.5. The Balaban J connectivity index is 1.56. The average Bonchev–Trinajstić information content (AvgIpc) is 2.77. The molecule has 2 aliphatic rings. The maximum absolute atomic E-state index is 12.9. The highest BCUT2D eigenvalue weighted by Crippen LogP contribution is 2.46. The van der Waals surface area contributed by atoms with Gasteiger partial charge in [0.05, 0.1) is 17.5 Å². The van der Waals surface area contributed by atoms with Gasteiger partial charge in [-0.15, -0.1) is 0 Å². The molecule has 0 saturated heterocycles. The van der Waals surface area contributed by atoms with Crippen LogP contribution in [0.15, 0.2) is 53.5 Å². The summed E-state index contributed by atoms with van der Waals surface area (Å²) in [6.07, 6.45) is 3.93. The van der Waals surface area contributed by atoms with E-state index in [4.69, 9.17) is 16.6 Å². The lowest BCUT2D eigenvalue weighted by atomic mass is 9.67. The molecule has 0 bridgehead atoms. The van der Waals surface area contributed by atoms with Crippen molar-refractivity contribution < 1.29 is 8.42 Å². The van der Waals surface area contributed by atoms with Crippen LogP contribution >= 0.6 is 11.6 Å². The van der Waals surface area contributed by atoms with E-state index < -0.39 is 9.84 Å². The van der Waals surface area contributed by atoms with E-state index in [1.807, 2.05) is 49.3 Å². The molecule has 0 aromatic heterocycles. The summed E-state index contributed by atoms with van der Waals surface area (Å²) in [5.74, 6) is 1.22. The smallest absolute Gasteiger partial charge is 0.154 e. The summed E-state index contributed by atoms with van der Waals surface area (Å²) in [7, 11) is 0.743. The van der Waals surface area contributed by atoms with Crippen molar-refractivity contribution in [3.05, 3.63) is 64.7 Å². The van der Waals surface area contributed by atoms with Crippen LogP contribution in [-0.2, 0) is 22.8 Å². The Morgan fingerprint density at radius 2 is 1.88 bits per heavy atom. The minimum absolute atomic E-state index is 0.138. The summed E-state index contributed by atoms with van der Waals surface area (Å²) in [5.41, 5.74) is 3.31. The van der Waals surface area contributed by atoms with Crippen LogP contribution in [0.1, 0.15) is 36.8 Å². The number of fused-ring (bicyclic) bond motifs is 1. The lowest BCUT2D eigenvalue weighted by molar-refractivity contribution is 0.278. The summed E-state index contributed by atoms with van der Waals surface area (Å²) in [5, 5.41) is 4.06. The number of anilines is 1. The van der Waals surface area contributed by atoms with Crippen molar-refractivity contribution in [2.45, 2.75) is 43.9 Å². The second kappa shape index (κ2) is 9.54. The molecule has 1 aliphatic heterocycles. The molecule has 2 aromatic carbocycles. The van der Waals surface area contributed by atoms with E-state index in [-0.39, 0.29) is 16.4 Å². The Morgan fingerprint density at radius 3 is 2.59 bits per heavy atom. The molecule has 1 N–H and O–H groups in total. The van der Waals surface area contributed by atoms with E-state index in [0.717, 1.165) is 36.3 Å². The molecule has 0 radical (unpaired) electrons. The Morgan fingerprint density at radius 1 is 1.12 bits per heavy atom. The largest absolute Gasteiger partial charge is 0.343 e. The Labute approximate surface area is 196 Å². The van der Waals surface area contributed by atoms with Crippen molar-refractivity contribution in [3.63, 3.8) is 0 Å². The average molecular weight is 474 g/mol. The van der Waals surface area contributed by atoms with Crippen LogP contribution in [0.3, 0.4) is 0 Å². The fourth-order valence-corrected chi connectivity index (χ4v) is 7.03. The van der Waals surface area contributed by atoms with Crippen molar-refractivity contribution in [1.82, 2.24) is 4.90 Å². The van der Waals surface area contributed by atoms with Gasteiger partial charge in [0.2, 0.25) is 0 Å². The van der Waals surface area contributed by atoms with Gasteiger partial charge in [-0.3, -0.25) is 4.99 Å². The minimum atomic E-state index is -3.09. The van der Waals surface area contributed by atoms with Crippen LogP contribution in [0, 0.1) is 5.41 Å². The molecule has 1 saturated carbocycles. The fraction of sp³-hybridized carbons (Fsp3) is 0.480. The third-order valence-corrected chi connectivity index (χ3v) is 9.30. The highest BCUT2D eigenvalue weighted by molar-refractivity contribution is 7.92. The van der Waals surface area contributed by atoms with Crippen molar-refractivity contribution >= 4 is 33.0 Å². The molecule has 5 nitrogen and oxygen atoms in total. The number of rotatable bonds is 6. The van der Waals surface area contributed by atoms with Crippen LogP contribution in [0.25, 0.3) is 0 Å². The van der Waals surface area contributed by atoms with E-state index >= 15 is 0 Å². The summed E-state index contributed by atoms with van der Waals surface area (Å²) >= 11 is 6.16. The van der Waals surface area contributed by atoms with Gasteiger partial charge in [-0.2, -0.15) is 0 Å². The van der Waals surface area contributed by atoms with Gasteiger partial charge in [0.25, 0.3) is 0 Å². The Bertz CT molecular complexity index is 1090. The lowest BCUT2D eigenvalue weighted by Crippen LogP contribution is -2.46. The van der Waals surface area contributed by atoms with Gasteiger partial charge in [-0.1, -0.05) is 41.9 Å². The van der Waals surface area contributed by atoms with Gasteiger partial charge in [-0.05, 0) is 75.5 Å². The molecule has 0 amide bonds. The zero-order chi connectivity index (χ0) is 22.8. The second-order valence-electron chi connectivity index (χ2n) is 9.40. The molecule has 4 rings (SSSR count). The van der Waals surface area contributed by atoms with E-state index in [2.05, 4.69) is 23.5 Å². The van der Waals surface area contributed by atoms with E-state index in [1.54, 1.807) is 0 Å². The maximum atomic E-state index is 12.9. The molecular weight excluding hydrogens is 442 g/mol. The summed E-state index contributed by atoms with van der Waals surface area (Å²) in [6.45, 7) is 1.13. The monoisotopic (exact) mass is 473 g/mol. The van der Waals surface area contributed by atoms with Crippen LogP contribution in [-0.4, -0.2) is 50.8 Å². The Hall–Kier alpha value is -1.89. The number of benzene rings is 2. The molecule has 7 heteroatoms. The van der Waals surface area contributed by atoms with E-state index in [1.165, 1.54) is 5.56 Å². The molecule has 1 spiro atoms. The second-order valence-corrected chi connectivity index (χ2v) is 12.2. The third-order valence-electron chi connectivity index (χ3n) is 6.83. The zero-order valence-electron chi connectivity index (χ0n) is 18.9. The van der Waals surface area contributed by atoms with Gasteiger partial charge < -0.3 is 10.2 Å². The topological polar surface area (TPSA) is 61.8 Å². The van der Waals surface area contributed by atoms with Crippen LogP contribution in [0.5, 0.6) is 0 Å². The Kier molecular flexibility index (Phi) is 6.94. The molecule has 1 fully saturated rings. The zero-order valence-corrected chi connectivity index (χ0v) is 20.4. The van der Waals surface area contributed by atoms with Crippen molar-refractivity contribution in [2.75, 3.05) is 31.7 Å². The van der Waals surface area contributed by atoms with E-state index in [9.17, 15) is 8.42 Å². The van der Waals surface area contributed by atoms with Crippen molar-refractivity contribution in [3.8, 4) is 0 Å². The molecular formula is C25H32ClN3O2S. The van der Waals surface area contributed by atoms with Crippen LogP contribution < -0.4 is 5.32 Å². The quantitative estimate of drug-likeness (QED) is 0.653. The molecule has 1 aliphatic carbocycles. The van der Waals surface area contributed by atoms with Gasteiger partial charge >= 0.3 is 0 Å². The third kappa shape index (κ3) is 5.19. The van der Waals surface area contributed by atoms with Gasteiger partial charge in [-0.25, -0.2) is 8.42 Å².